The van der Waals surface area contributed by atoms with Crippen LogP contribution in [0.4, 0.5) is 4.39 Å². The van der Waals surface area contributed by atoms with E-state index in [1.54, 1.807) is 6.07 Å². The topological polar surface area (TPSA) is 26.0 Å². The van der Waals surface area contributed by atoms with Crippen molar-refractivity contribution in [2.45, 2.75) is 26.3 Å². The summed E-state index contributed by atoms with van der Waals surface area (Å²) in [6, 6.07) is 4.62. The molecule has 0 fully saturated rings. The molecule has 1 aromatic rings. The van der Waals surface area contributed by atoms with Gasteiger partial charge in [-0.2, -0.15) is 0 Å². The Hall–Kier alpha value is -0.410. The average Bonchev–Trinajstić information content (AvgIpc) is 2.02. The predicted octanol–water partition coefficient (Wildman–Crippen LogP) is 3.42. The number of nitrogens with two attached hydrogens (primary N) is 1. The van der Waals surface area contributed by atoms with Crippen LogP contribution in [0.1, 0.15) is 26.3 Å². The van der Waals surface area contributed by atoms with Gasteiger partial charge in [-0.25, -0.2) is 4.39 Å². The third kappa shape index (κ3) is 2.15. The standard InChI is InChI=1S/C11H15BrFN/c1-7(2)11(3,14)9-5-4-8(13)6-10(9)12/h4-7H,14H2,1-3H3/t11-/m0/s1. The van der Waals surface area contributed by atoms with Crippen LogP contribution in [-0.4, -0.2) is 0 Å². The SMILES string of the molecule is CC(C)[C@](C)(N)c1ccc(F)cc1Br. The molecule has 0 unspecified atom stereocenters. The van der Waals surface area contributed by atoms with E-state index in [9.17, 15) is 4.39 Å². The zero-order valence-corrected chi connectivity index (χ0v) is 10.2. The van der Waals surface area contributed by atoms with Crippen molar-refractivity contribution in [3.05, 3.63) is 34.1 Å². The summed E-state index contributed by atoms with van der Waals surface area (Å²) in [4.78, 5) is 0. The molecule has 14 heavy (non-hydrogen) atoms. The molecule has 0 heterocycles. The molecule has 2 N–H and O–H groups in total. The Bertz CT molecular complexity index is 334. The first kappa shape index (κ1) is 11.7. The molecule has 3 heteroatoms. The molecule has 0 radical (unpaired) electrons. The molecule has 1 rings (SSSR count). The van der Waals surface area contributed by atoms with Crippen molar-refractivity contribution in [1.29, 1.82) is 0 Å². The van der Waals surface area contributed by atoms with Crippen molar-refractivity contribution in [3.63, 3.8) is 0 Å². The zero-order chi connectivity index (χ0) is 10.9. The van der Waals surface area contributed by atoms with Crippen LogP contribution in [0.25, 0.3) is 0 Å². The molecular formula is C11H15BrFN. The number of rotatable bonds is 2. The van der Waals surface area contributed by atoms with Crippen LogP contribution in [0.5, 0.6) is 0 Å². The first-order chi connectivity index (χ1) is 6.35. The van der Waals surface area contributed by atoms with E-state index in [4.69, 9.17) is 5.73 Å². The average molecular weight is 260 g/mol. The van der Waals surface area contributed by atoms with Crippen molar-refractivity contribution in [1.82, 2.24) is 0 Å². The van der Waals surface area contributed by atoms with Crippen LogP contribution in [-0.2, 0) is 5.54 Å². The lowest BCUT2D eigenvalue weighted by Crippen LogP contribution is -2.38. The third-order valence-electron chi connectivity index (χ3n) is 2.71. The number of hydrogen-bond donors (Lipinski definition) is 1. The van der Waals surface area contributed by atoms with Gasteiger partial charge in [0.15, 0.2) is 0 Å². The van der Waals surface area contributed by atoms with Gasteiger partial charge in [-0.3, -0.25) is 0 Å². The van der Waals surface area contributed by atoms with Crippen LogP contribution in [0, 0.1) is 11.7 Å². The van der Waals surface area contributed by atoms with E-state index < -0.39 is 5.54 Å². The van der Waals surface area contributed by atoms with Gasteiger partial charge in [0.25, 0.3) is 0 Å². The highest BCUT2D eigenvalue weighted by Crippen LogP contribution is 2.32. The molecule has 0 aliphatic rings. The summed E-state index contributed by atoms with van der Waals surface area (Å²) in [5.41, 5.74) is 6.68. The largest absolute Gasteiger partial charge is 0.321 e. The van der Waals surface area contributed by atoms with E-state index in [1.807, 2.05) is 6.92 Å². The van der Waals surface area contributed by atoms with Crippen LogP contribution >= 0.6 is 15.9 Å². The summed E-state index contributed by atoms with van der Waals surface area (Å²) in [5, 5.41) is 0. The van der Waals surface area contributed by atoms with Crippen molar-refractivity contribution in [2.75, 3.05) is 0 Å². The second kappa shape index (κ2) is 3.99. The summed E-state index contributed by atoms with van der Waals surface area (Å²) in [6.07, 6.45) is 0. The van der Waals surface area contributed by atoms with Crippen molar-refractivity contribution in [2.24, 2.45) is 11.7 Å². The van der Waals surface area contributed by atoms with Crippen molar-refractivity contribution < 1.29 is 4.39 Å². The molecule has 0 saturated carbocycles. The third-order valence-corrected chi connectivity index (χ3v) is 3.37. The summed E-state index contributed by atoms with van der Waals surface area (Å²) < 4.78 is 13.6. The van der Waals surface area contributed by atoms with Crippen LogP contribution in [0.2, 0.25) is 0 Å². The smallest absolute Gasteiger partial charge is 0.124 e. The molecule has 0 bridgehead atoms. The first-order valence-electron chi connectivity index (χ1n) is 4.60. The maximum atomic E-state index is 12.9. The molecule has 1 nitrogen and oxygen atoms in total. The van der Waals surface area contributed by atoms with Gasteiger partial charge in [-0.05, 0) is 30.5 Å². The van der Waals surface area contributed by atoms with Gasteiger partial charge >= 0.3 is 0 Å². The van der Waals surface area contributed by atoms with Gasteiger partial charge in [0.1, 0.15) is 5.82 Å². The lowest BCUT2D eigenvalue weighted by molar-refractivity contribution is 0.348. The molecule has 1 aromatic carbocycles. The van der Waals surface area contributed by atoms with E-state index >= 15 is 0 Å². The Balaban J connectivity index is 3.19. The van der Waals surface area contributed by atoms with Gasteiger partial charge in [0, 0.05) is 10.0 Å². The van der Waals surface area contributed by atoms with Gasteiger partial charge in [0.05, 0.1) is 0 Å². The summed E-state index contributed by atoms with van der Waals surface area (Å²) in [5.74, 6) is 0.0458. The Kier molecular flexibility index (Phi) is 3.32. The molecule has 0 aliphatic heterocycles. The van der Waals surface area contributed by atoms with E-state index in [-0.39, 0.29) is 5.82 Å². The fraction of sp³-hybridized carbons (Fsp3) is 0.455. The maximum Gasteiger partial charge on any atom is 0.124 e. The van der Waals surface area contributed by atoms with Gasteiger partial charge in [0.2, 0.25) is 0 Å². The number of halogens is 2. The maximum absolute atomic E-state index is 12.9. The van der Waals surface area contributed by atoms with E-state index in [1.165, 1.54) is 12.1 Å². The van der Waals surface area contributed by atoms with E-state index in [0.717, 1.165) is 10.0 Å². The summed E-state index contributed by atoms with van der Waals surface area (Å²) in [6.45, 7) is 6.06. The lowest BCUT2D eigenvalue weighted by Gasteiger charge is -2.30. The quantitative estimate of drug-likeness (QED) is 0.866. The Morgan fingerprint density at radius 1 is 1.43 bits per heavy atom. The van der Waals surface area contributed by atoms with Crippen LogP contribution < -0.4 is 5.73 Å². The fourth-order valence-corrected chi connectivity index (χ4v) is 2.02. The highest BCUT2D eigenvalue weighted by atomic mass is 79.9. The summed E-state index contributed by atoms with van der Waals surface area (Å²) in [7, 11) is 0. The Morgan fingerprint density at radius 2 is 2.00 bits per heavy atom. The van der Waals surface area contributed by atoms with E-state index in [2.05, 4.69) is 29.8 Å². The molecule has 0 aliphatic carbocycles. The fourth-order valence-electron chi connectivity index (χ4n) is 1.24. The highest BCUT2D eigenvalue weighted by molar-refractivity contribution is 9.10. The number of hydrogen-bond acceptors (Lipinski definition) is 1. The van der Waals surface area contributed by atoms with Crippen molar-refractivity contribution >= 4 is 15.9 Å². The van der Waals surface area contributed by atoms with Crippen LogP contribution in [0.3, 0.4) is 0 Å². The van der Waals surface area contributed by atoms with E-state index in [0.29, 0.717) is 5.92 Å². The predicted molar refractivity (Wildman–Crippen MR) is 60.5 cm³/mol. The minimum Gasteiger partial charge on any atom is -0.321 e. The summed E-state index contributed by atoms with van der Waals surface area (Å²) >= 11 is 3.33. The second-order valence-electron chi connectivity index (χ2n) is 4.06. The second-order valence-corrected chi connectivity index (χ2v) is 4.92. The highest BCUT2D eigenvalue weighted by Gasteiger charge is 2.27. The zero-order valence-electron chi connectivity index (χ0n) is 8.64. The minimum atomic E-state index is -0.438. The van der Waals surface area contributed by atoms with Crippen LogP contribution in [0.15, 0.2) is 22.7 Å². The monoisotopic (exact) mass is 259 g/mol. The minimum absolute atomic E-state index is 0.250. The lowest BCUT2D eigenvalue weighted by atomic mass is 9.83. The van der Waals surface area contributed by atoms with Gasteiger partial charge in [-0.1, -0.05) is 35.8 Å². The van der Waals surface area contributed by atoms with Gasteiger partial charge in [-0.15, -0.1) is 0 Å². The Labute approximate surface area is 92.6 Å². The molecule has 1 atom stereocenters. The van der Waals surface area contributed by atoms with Crippen molar-refractivity contribution in [3.8, 4) is 0 Å². The molecule has 0 amide bonds. The molecule has 0 aromatic heterocycles. The molecular weight excluding hydrogens is 245 g/mol. The van der Waals surface area contributed by atoms with Gasteiger partial charge < -0.3 is 5.73 Å². The molecule has 78 valence electrons. The first-order valence-corrected chi connectivity index (χ1v) is 5.39. The molecule has 0 saturated heterocycles. The number of benzene rings is 1. The Morgan fingerprint density at radius 3 is 2.43 bits per heavy atom. The molecule has 0 spiro atoms. The normalized spacial score (nSPS) is 15.6.